The predicted molar refractivity (Wildman–Crippen MR) is 38.4 cm³/mol. The summed E-state index contributed by atoms with van der Waals surface area (Å²) in [5.74, 6) is 0.176. The molecule has 0 bridgehead atoms. The SMILES string of the molecule is C=NCCC(C#N)CC. The van der Waals surface area contributed by atoms with Crippen LogP contribution in [0.1, 0.15) is 19.8 Å². The van der Waals surface area contributed by atoms with Crippen molar-refractivity contribution in [2.24, 2.45) is 10.9 Å². The molecule has 0 aromatic heterocycles. The van der Waals surface area contributed by atoms with Gasteiger partial charge in [0.25, 0.3) is 0 Å². The molecule has 0 aliphatic heterocycles. The van der Waals surface area contributed by atoms with E-state index in [4.69, 9.17) is 5.26 Å². The Hall–Kier alpha value is -0.840. The lowest BCUT2D eigenvalue weighted by atomic mass is 10.1. The van der Waals surface area contributed by atoms with Gasteiger partial charge in [-0.25, -0.2) is 0 Å². The van der Waals surface area contributed by atoms with Gasteiger partial charge in [0, 0.05) is 12.5 Å². The molecule has 0 N–H and O–H groups in total. The van der Waals surface area contributed by atoms with E-state index in [-0.39, 0.29) is 5.92 Å². The van der Waals surface area contributed by atoms with Gasteiger partial charge in [0.1, 0.15) is 0 Å². The second kappa shape index (κ2) is 5.30. The smallest absolute Gasteiger partial charge is 0.0656 e. The first-order valence-corrected chi connectivity index (χ1v) is 3.17. The summed E-state index contributed by atoms with van der Waals surface area (Å²) in [5, 5.41) is 8.44. The number of aliphatic imine (C=N–C) groups is 1. The third kappa shape index (κ3) is 3.72. The molecular weight excluding hydrogens is 112 g/mol. The fourth-order valence-corrected chi connectivity index (χ4v) is 0.607. The summed E-state index contributed by atoms with van der Waals surface area (Å²) >= 11 is 0. The molecule has 0 spiro atoms. The third-order valence-corrected chi connectivity index (χ3v) is 1.31. The summed E-state index contributed by atoms with van der Waals surface area (Å²) < 4.78 is 0. The molecule has 1 unspecified atom stereocenters. The first-order chi connectivity index (χ1) is 4.35. The van der Waals surface area contributed by atoms with E-state index in [0.29, 0.717) is 6.54 Å². The van der Waals surface area contributed by atoms with Gasteiger partial charge in [-0.1, -0.05) is 6.92 Å². The van der Waals surface area contributed by atoms with Crippen LogP contribution in [0.25, 0.3) is 0 Å². The van der Waals surface area contributed by atoms with Crippen molar-refractivity contribution in [3.05, 3.63) is 0 Å². The predicted octanol–water partition coefficient (Wildman–Crippen LogP) is 1.63. The first-order valence-electron chi connectivity index (χ1n) is 3.17. The van der Waals surface area contributed by atoms with E-state index >= 15 is 0 Å². The average Bonchev–Trinajstić information content (AvgIpc) is 1.91. The summed E-state index contributed by atoms with van der Waals surface area (Å²) in [6, 6.07) is 2.20. The number of hydrogen-bond acceptors (Lipinski definition) is 2. The summed E-state index contributed by atoms with van der Waals surface area (Å²) in [4.78, 5) is 3.67. The van der Waals surface area contributed by atoms with Crippen LogP contribution in [0.4, 0.5) is 0 Å². The Morgan fingerprint density at radius 3 is 2.78 bits per heavy atom. The summed E-state index contributed by atoms with van der Waals surface area (Å²) in [6.07, 6.45) is 1.78. The van der Waals surface area contributed by atoms with Crippen molar-refractivity contribution in [3.8, 4) is 6.07 Å². The van der Waals surface area contributed by atoms with Crippen LogP contribution in [0.2, 0.25) is 0 Å². The maximum atomic E-state index is 8.44. The highest BCUT2D eigenvalue weighted by Gasteiger charge is 2.00. The first kappa shape index (κ1) is 8.16. The Morgan fingerprint density at radius 1 is 1.78 bits per heavy atom. The van der Waals surface area contributed by atoms with Crippen molar-refractivity contribution >= 4 is 6.72 Å². The van der Waals surface area contributed by atoms with E-state index in [9.17, 15) is 0 Å². The van der Waals surface area contributed by atoms with Crippen molar-refractivity contribution in [3.63, 3.8) is 0 Å². The highest BCUT2D eigenvalue weighted by Crippen LogP contribution is 2.04. The Kier molecular flexibility index (Phi) is 4.81. The fraction of sp³-hybridized carbons (Fsp3) is 0.714. The van der Waals surface area contributed by atoms with Gasteiger partial charge in [0.2, 0.25) is 0 Å². The van der Waals surface area contributed by atoms with E-state index in [1.807, 2.05) is 6.92 Å². The van der Waals surface area contributed by atoms with E-state index in [2.05, 4.69) is 17.8 Å². The van der Waals surface area contributed by atoms with Crippen molar-refractivity contribution in [1.29, 1.82) is 5.26 Å². The molecular formula is C7H12N2. The lowest BCUT2D eigenvalue weighted by Gasteiger charge is -1.99. The van der Waals surface area contributed by atoms with Gasteiger partial charge in [-0.2, -0.15) is 5.26 Å². The maximum Gasteiger partial charge on any atom is 0.0656 e. The molecule has 0 radical (unpaired) electrons. The van der Waals surface area contributed by atoms with Gasteiger partial charge >= 0.3 is 0 Å². The molecule has 0 saturated carbocycles. The topological polar surface area (TPSA) is 36.1 Å². The Bertz CT molecular complexity index is 113. The molecule has 0 fully saturated rings. The fourth-order valence-electron chi connectivity index (χ4n) is 0.607. The van der Waals surface area contributed by atoms with Crippen molar-refractivity contribution < 1.29 is 0 Å². The average molecular weight is 124 g/mol. The molecule has 2 nitrogen and oxygen atoms in total. The van der Waals surface area contributed by atoms with Gasteiger partial charge < -0.3 is 4.99 Å². The number of nitrogens with zero attached hydrogens (tertiary/aromatic N) is 2. The number of hydrogen-bond donors (Lipinski definition) is 0. The van der Waals surface area contributed by atoms with Crippen LogP contribution in [-0.4, -0.2) is 13.3 Å². The van der Waals surface area contributed by atoms with Crippen molar-refractivity contribution in [2.75, 3.05) is 6.54 Å². The van der Waals surface area contributed by atoms with Crippen molar-refractivity contribution in [2.45, 2.75) is 19.8 Å². The van der Waals surface area contributed by atoms with Gasteiger partial charge in [-0.15, -0.1) is 0 Å². The second-order valence-electron chi connectivity index (χ2n) is 1.97. The zero-order valence-electron chi connectivity index (χ0n) is 5.80. The van der Waals surface area contributed by atoms with E-state index in [0.717, 1.165) is 12.8 Å². The molecule has 0 heterocycles. The van der Waals surface area contributed by atoms with Gasteiger partial charge in [-0.05, 0) is 19.6 Å². The highest BCUT2D eigenvalue weighted by atomic mass is 14.7. The molecule has 0 aliphatic carbocycles. The minimum absolute atomic E-state index is 0.176. The molecule has 1 atom stereocenters. The Balaban J connectivity index is 3.34. The van der Waals surface area contributed by atoms with Gasteiger partial charge in [-0.3, -0.25) is 0 Å². The van der Waals surface area contributed by atoms with Gasteiger partial charge in [0.05, 0.1) is 6.07 Å². The molecule has 0 amide bonds. The minimum Gasteiger partial charge on any atom is -0.301 e. The lowest BCUT2D eigenvalue weighted by Crippen LogP contribution is -1.96. The molecule has 0 aromatic rings. The van der Waals surface area contributed by atoms with E-state index < -0.39 is 0 Å². The third-order valence-electron chi connectivity index (χ3n) is 1.31. The van der Waals surface area contributed by atoms with Crippen LogP contribution in [-0.2, 0) is 0 Å². The van der Waals surface area contributed by atoms with Crippen LogP contribution < -0.4 is 0 Å². The molecule has 0 rings (SSSR count). The van der Waals surface area contributed by atoms with Crippen LogP contribution in [0, 0.1) is 17.2 Å². The van der Waals surface area contributed by atoms with Gasteiger partial charge in [0.15, 0.2) is 0 Å². The zero-order chi connectivity index (χ0) is 7.11. The van der Waals surface area contributed by atoms with E-state index in [1.54, 1.807) is 0 Å². The second-order valence-corrected chi connectivity index (χ2v) is 1.97. The normalized spacial score (nSPS) is 12.0. The summed E-state index contributed by atoms with van der Waals surface area (Å²) in [5.41, 5.74) is 0. The molecule has 2 heteroatoms. The standard InChI is InChI=1S/C7H12N2/c1-3-7(6-8)4-5-9-2/h7H,2-5H2,1H3. The van der Waals surface area contributed by atoms with Crippen LogP contribution >= 0.6 is 0 Å². The van der Waals surface area contributed by atoms with Crippen LogP contribution in [0.3, 0.4) is 0 Å². The summed E-state index contributed by atoms with van der Waals surface area (Å²) in [6.45, 7) is 6.07. The number of rotatable bonds is 4. The Labute approximate surface area is 56.2 Å². The van der Waals surface area contributed by atoms with Crippen LogP contribution in [0.15, 0.2) is 4.99 Å². The largest absolute Gasteiger partial charge is 0.301 e. The maximum absolute atomic E-state index is 8.44. The van der Waals surface area contributed by atoms with Crippen molar-refractivity contribution in [1.82, 2.24) is 0 Å². The molecule has 0 aromatic carbocycles. The number of nitriles is 1. The zero-order valence-corrected chi connectivity index (χ0v) is 5.80. The minimum atomic E-state index is 0.176. The molecule has 50 valence electrons. The molecule has 9 heavy (non-hydrogen) atoms. The summed E-state index contributed by atoms with van der Waals surface area (Å²) in [7, 11) is 0. The van der Waals surface area contributed by atoms with Crippen LogP contribution in [0.5, 0.6) is 0 Å². The Morgan fingerprint density at radius 2 is 2.44 bits per heavy atom. The monoisotopic (exact) mass is 124 g/mol. The highest BCUT2D eigenvalue weighted by molar-refractivity contribution is 5.23. The van der Waals surface area contributed by atoms with E-state index in [1.165, 1.54) is 0 Å². The lowest BCUT2D eigenvalue weighted by molar-refractivity contribution is 0.595. The molecule has 0 aliphatic rings. The molecule has 0 saturated heterocycles. The quantitative estimate of drug-likeness (QED) is 0.524.